The van der Waals surface area contributed by atoms with Crippen LogP contribution in [0.1, 0.15) is 17.0 Å². The summed E-state index contributed by atoms with van der Waals surface area (Å²) in [7, 11) is 0. The lowest BCUT2D eigenvalue weighted by Gasteiger charge is -2.09. The minimum absolute atomic E-state index is 0.0562. The van der Waals surface area contributed by atoms with Crippen molar-refractivity contribution in [1.29, 1.82) is 0 Å². The first-order valence-corrected chi connectivity index (χ1v) is 9.27. The Morgan fingerprint density at radius 1 is 1.04 bits per heavy atom. The maximum Gasteiger partial charge on any atom is 0.234 e. The van der Waals surface area contributed by atoms with Crippen molar-refractivity contribution < 1.29 is 4.79 Å². The van der Waals surface area contributed by atoms with Crippen molar-refractivity contribution in [3.05, 3.63) is 65.6 Å². The van der Waals surface area contributed by atoms with Gasteiger partial charge in [0.25, 0.3) is 0 Å². The van der Waals surface area contributed by atoms with Crippen LogP contribution in [-0.4, -0.2) is 26.6 Å². The highest BCUT2D eigenvalue weighted by Crippen LogP contribution is 2.22. The first-order chi connectivity index (χ1) is 12.5. The number of nitrogens with one attached hydrogen (secondary N) is 1. The lowest BCUT2D eigenvalue weighted by atomic mass is 10.1. The molecule has 0 saturated carbocycles. The van der Waals surface area contributed by atoms with Crippen LogP contribution in [0.5, 0.6) is 0 Å². The average Bonchev–Trinajstić information content (AvgIpc) is 2.63. The number of hydrogen-bond acceptors (Lipinski definition) is 5. The Morgan fingerprint density at radius 2 is 1.88 bits per heavy atom. The largest absolute Gasteiger partial charge is 0.325 e. The van der Waals surface area contributed by atoms with Crippen molar-refractivity contribution in [2.24, 2.45) is 0 Å². The number of aryl methyl sites for hydroxylation is 3. The topological polar surface area (TPSA) is 67.8 Å². The highest BCUT2D eigenvalue weighted by Gasteiger charge is 2.10. The maximum absolute atomic E-state index is 12.3. The van der Waals surface area contributed by atoms with Crippen LogP contribution in [-0.2, 0) is 4.79 Å². The molecule has 0 spiro atoms. The van der Waals surface area contributed by atoms with Crippen LogP contribution in [0.3, 0.4) is 0 Å². The second-order valence-corrected chi connectivity index (χ2v) is 7.00. The summed E-state index contributed by atoms with van der Waals surface area (Å²) in [6, 6.07) is 13.6. The minimum atomic E-state index is -0.0562. The van der Waals surface area contributed by atoms with E-state index < -0.39 is 0 Å². The number of aromatic nitrogens is 3. The molecule has 0 aliphatic rings. The van der Waals surface area contributed by atoms with Crippen LogP contribution in [0.4, 0.5) is 5.69 Å². The van der Waals surface area contributed by atoms with Crippen molar-refractivity contribution in [3.8, 4) is 11.4 Å². The molecule has 1 N–H and O–H groups in total. The Bertz CT molecular complexity index is 928. The molecule has 1 amide bonds. The number of benzene rings is 1. The molecule has 0 saturated heterocycles. The molecule has 0 aliphatic carbocycles. The molecule has 0 radical (unpaired) electrons. The molecular formula is C20H20N4OS. The normalized spacial score (nSPS) is 10.6. The van der Waals surface area contributed by atoms with Gasteiger partial charge in [0.05, 0.1) is 17.1 Å². The second-order valence-electron chi connectivity index (χ2n) is 6.01. The zero-order valence-corrected chi connectivity index (χ0v) is 15.8. The van der Waals surface area contributed by atoms with Gasteiger partial charge in [-0.2, -0.15) is 0 Å². The summed E-state index contributed by atoms with van der Waals surface area (Å²) in [4.78, 5) is 25.5. The summed E-state index contributed by atoms with van der Waals surface area (Å²) in [6.45, 7) is 5.83. The van der Waals surface area contributed by atoms with Gasteiger partial charge in [-0.1, -0.05) is 30.0 Å². The number of rotatable bonds is 5. The van der Waals surface area contributed by atoms with Gasteiger partial charge in [-0.05, 0) is 56.2 Å². The molecule has 0 aliphatic heterocycles. The number of carbonyl (C=O) groups excluding carboxylic acids is 1. The SMILES string of the molecule is Cc1ccc(C)c(NC(=O)CSc2cc(-c3ccccn3)nc(C)n2)c1. The van der Waals surface area contributed by atoms with Crippen molar-refractivity contribution >= 4 is 23.4 Å². The standard InChI is InChI=1S/C20H20N4OS/c1-13-7-8-14(2)17(10-13)24-19(25)12-26-20-11-18(22-15(3)23-20)16-6-4-5-9-21-16/h4-11H,12H2,1-3H3,(H,24,25). The quantitative estimate of drug-likeness (QED) is 0.543. The molecule has 0 bridgehead atoms. The Hall–Kier alpha value is -2.73. The van der Waals surface area contributed by atoms with E-state index >= 15 is 0 Å². The number of pyridine rings is 1. The van der Waals surface area contributed by atoms with Gasteiger partial charge in [0.1, 0.15) is 10.9 Å². The molecular weight excluding hydrogens is 344 g/mol. The summed E-state index contributed by atoms with van der Waals surface area (Å²) in [5, 5.41) is 3.73. The van der Waals surface area contributed by atoms with E-state index in [0.717, 1.165) is 33.2 Å². The fourth-order valence-electron chi connectivity index (χ4n) is 2.46. The Labute approximate surface area is 157 Å². The van der Waals surface area contributed by atoms with Crippen LogP contribution in [0.25, 0.3) is 11.4 Å². The van der Waals surface area contributed by atoms with Crippen molar-refractivity contribution in [1.82, 2.24) is 15.0 Å². The van der Waals surface area contributed by atoms with E-state index in [1.807, 2.05) is 63.2 Å². The molecule has 3 rings (SSSR count). The van der Waals surface area contributed by atoms with E-state index in [-0.39, 0.29) is 11.7 Å². The van der Waals surface area contributed by atoms with Gasteiger partial charge in [-0.15, -0.1) is 0 Å². The van der Waals surface area contributed by atoms with Gasteiger partial charge in [0, 0.05) is 11.9 Å². The molecule has 1 aromatic carbocycles. The zero-order valence-electron chi connectivity index (χ0n) is 15.0. The number of carbonyl (C=O) groups is 1. The van der Waals surface area contributed by atoms with E-state index in [1.54, 1.807) is 6.20 Å². The van der Waals surface area contributed by atoms with Crippen LogP contribution in [0.2, 0.25) is 0 Å². The predicted octanol–water partition coefficient (Wildman–Crippen LogP) is 4.19. The fourth-order valence-corrected chi connectivity index (χ4v) is 3.20. The molecule has 2 aromatic heterocycles. The lowest BCUT2D eigenvalue weighted by molar-refractivity contribution is -0.113. The third kappa shape index (κ3) is 4.67. The second kappa shape index (κ2) is 8.10. The highest BCUT2D eigenvalue weighted by atomic mass is 32.2. The third-order valence-corrected chi connectivity index (χ3v) is 4.67. The van der Waals surface area contributed by atoms with E-state index in [4.69, 9.17) is 0 Å². The number of nitrogens with zero attached hydrogens (tertiary/aromatic N) is 3. The smallest absolute Gasteiger partial charge is 0.234 e. The van der Waals surface area contributed by atoms with Gasteiger partial charge in [0.15, 0.2) is 0 Å². The molecule has 2 heterocycles. The van der Waals surface area contributed by atoms with Gasteiger partial charge >= 0.3 is 0 Å². The van der Waals surface area contributed by atoms with Gasteiger partial charge in [-0.3, -0.25) is 9.78 Å². The van der Waals surface area contributed by atoms with Crippen LogP contribution in [0, 0.1) is 20.8 Å². The highest BCUT2D eigenvalue weighted by molar-refractivity contribution is 7.99. The van der Waals surface area contributed by atoms with Gasteiger partial charge < -0.3 is 5.32 Å². The fraction of sp³-hybridized carbons (Fsp3) is 0.200. The first kappa shape index (κ1) is 18.1. The zero-order chi connectivity index (χ0) is 18.5. The maximum atomic E-state index is 12.3. The van der Waals surface area contributed by atoms with Gasteiger partial charge in [-0.25, -0.2) is 9.97 Å². The molecule has 0 unspecified atom stereocenters. The number of anilines is 1. The van der Waals surface area contributed by atoms with E-state index in [0.29, 0.717) is 5.82 Å². The Balaban J connectivity index is 1.68. The van der Waals surface area contributed by atoms with Crippen molar-refractivity contribution in [3.63, 3.8) is 0 Å². The molecule has 3 aromatic rings. The molecule has 6 heteroatoms. The Morgan fingerprint density at radius 3 is 2.65 bits per heavy atom. The minimum Gasteiger partial charge on any atom is -0.325 e. The first-order valence-electron chi connectivity index (χ1n) is 8.28. The van der Waals surface area contributed by atoms with Gasteiger partial charge in [0.2, 0.25) is 5.91 Å². The van der Waals surface area contributed by atoms with E-state index in [2.05, 4.69) is 20.3 Å². The molecule has 132 valence electrons. The summed E-state index contributed by atoms with van der Waals surface area (Å²) < 4.78 is 0. The number of amides is 1. The summed E-state index contributed by atoms with van der Waals surface area (Å²) >= 11 is 1.39. The van der Waals surface area contributed by atoms with Crippen LogP contribution < -0.4 is 5.32 Å². The average molecular weight is 364 g/mol. The summed E-state index contributed by atoms with van der Waals surface area (Å²) in [6.07, 6.45) is 1.73. The molecule has 26 heavy (non-hydrogen) atoms. The Kier molecular flexibility index (Phi) is 5.63. The van der Waals surface area contributed by atoms with Crippen LogP contribution >= 0.6 is 11.8 Å². The van der Waals surface area contributed by atoms with Crippen molar-refractivity contribution in [2.75, 3.05) is 11.1 Å². The number of thioether (sulfide) groups is 1. The predicted molar refractivity (Wildman–Crippen MR) is 105 cm³/mol. The third-order valence-electron chi connectivity index (χ3n) is 3.76. The van der Waals surface area contributed by atoms with E-state index in [1.165, 1.54) is 11.8 Å². The summed E-state index contributed by atoms with van der Waals surface area (Å²) in [5.74, 6) is 0.885. The summed E-state index contributed by atoms with van der Waals surface area (Å²) in [5.41, 5.74) is 4.56. The molecule has 0 fully saturated rings. The van der Waals surface area contributed by atoms with Crippen molar-refractivity contribution in [2.45, 2.75) is 25.8 Å². The van der Waals surface area contributed by atoms with E-state index in [9.17, 15) is 4.79 Å². The monoisotopic (exact) mass is 364 g/mol. The molecule has 5 nitrogen and oxygen atoms in total. The number of hydrogen-bond donors (Lipinski definition) is 1. The lowest BCUT2D eigenvalue weighted by Crippen LogP contribution is -2.15. The molecule has 0 atom stereocenters. The van der Waals surface area contributed by atoms with Crippen LogP contribution in [0.15, 0.2) is 53.7 Å².